The maximum absolute atomic E-state index is 11.5. The number of carboxylic acids is 1. The van der Waals surface area contributed by atoms with E-state index < -0.39 is 18.0 Å². The van der Waals surface area contributed by atoms with Crippen LogP contribution in [0.1, 0.15) is 11.3 Å². The highest BCUT2D eigenvalue weighted by molar-refractivity contribution is 7.16. The Labute approximate surface area is 120 Å². The molecule has 0 fully saturated rings. The van der Waals surface area contributed by atoms with Crippen molar-refractivity contribution >= 4 is 34.9 Å². The summed E-state index contributed by atoms with van der Waals surface area (Å²) in [5.41, 5.74) is 0. The molecule has 2 amide bonds. The number of carboxylic acid groups (broad SMARTS) is 1. The Morgan fingerprint density at radius 3 is 2.79 bits per heavy atom. The zero-order valence-corrected chi connectivity index (χ0v) is 11.8. The van der Waals surface area contributed by atoms with Gasteiger partial charge in [0, 0.05) is 11.4 Å². The summed E-state index contributed by atoms with van der Waals surface area (Å²) < 4.78 is 0.705. The fourth-order valence-corrected chi connectivity index (χ4v) is 2.47. The third-order valence-electron chi connectivity index (χ3n) is 2.29. The molecule has 0 spiro atoms. The van der Waals surface area contributed by atoms with Gasteiger partial charge in [-0.05, 0) is 25.0 Å². The highest BCUT2D eigenvalue weighted by atomic mass is 35.5. The van der Waals surface area contributed by atoms with Gasteiger partial charge in [-0.3, -0.25) is 0 Å². The number of nitrogens with one attached hydrogen (secondary N) is 2. The Balaban J connectivity index is 2.30. The third-order valence-corrected chi connectivity index (χ3v) is 3.58. The molecule has 1 aromatic rings. The van der Waals surface area contributed by atoms with Crippen molar-refractivity contribution in [3.8, 4) is 0 Å². The molecule has 1 rings (SSSR count). The highest BCUT2D eigenvalue weighted by Gasteiger charge is 2.17. The molecule has 0 aromatic carbocycles. The zero-order chi connectivity index (χ0) is 14.3. The van der Waals surface area contributed by atoms with Crippen LogP contribution in [0.5, 0.6) is 0 Å². The van der Waals surface area contributed by atoms with Crippen LogP contribution in [0.4, 0.5) is 4.79 Å². The summed E-state index contributed by atoms with van der Waals surface area (Å²) in [6.45, 7) is 3.87. The lowest BCUT2D eigenvalue weighted by molar-refractivity contribution is -0.139. The summed E-state index contributed by atoms with van der Waals surface area (Å²) in [7, 11) is 0. The molecule has 0 saturated heterocycles. The maximum Gasteiger partial charge on any atom is 0.326 e. The smallest absolute Gasteiger partial charge is 0.326 e. The Bertz CT molecular complexity index is 462. The molecule has 19 heavy (non-hydrogen) atoms. The van der Waals surface area contributed by atoms with Crippen molar-refractivity contribution in [3.05, 3.63) is 34.0 Å². The highest BCUT2D eigenvalue weighted by Crippen LogP contribution is 2.21. The Hall–Kier alpha value is -1.53. The number of carbonyl (C=O) groups is 2. The number of thiophene rings is 1. The molecule has 1 unspecified atom stereocenters. The van der Waals surface area contributed by atoms with Crippen molar-refractivity contribution in [2.24, 2.45) is 0 Å². The molecule has 0 aliphatic carbocycles. The van der Waals surface area contributed by atoms with Crippen molar-refractivity contribution in [2.45, 2.75) is 18.9 Å². The van der Waals surface area contributed by atoms with Gasteiger partial charge >= 0.3 is 12.0 Å². The summed E-state index contributed by atoms with van der Waals surface area (Å²) in [6, 6.07) is 2.24. The summed E-state index contributed by atoms with van der Waals surface area (Å²) >= 11 is 7.24. The van der Waals surface area contributed by atoms with Crippen LogP contribution in [0, 0.1) is 0 Å². The Kier molecular flexibility index (Phi) is 6.38. The first-order valence-corrected chi connectivity index (χ1v) is 6.84. The van der Waals surface area contributed by atoms with Crippen molar-refractivity contribution in [1.82, 2.24) is 10.6 Å². The third kappa shape index (κ3) is 5.76. The number of carbonyl (C=O) groups excluding carboxylic acids is 1. The molecule has 0 aliphatic rings. The zero-order valence-electron chi connectivity index (χ0n) is 10.2. The van der Waals surface area contributed by atoms with Crippen LogP contribution in [0.15, 0.2) is 24.8 Å². The van der Waals surface area contributed by atoms with Crippen LogP contribution in [0.3, 0.4) is 0 Å². The first-order valence-electron chi connectivity index (χ1n) is 5.65. The molecule has 1 heterocycles. The minimum absolute atomic E-state index is 0.184. The summed E-state index contributed by atoms with van der Waals surface area (Å²) in [5.74, 6) is -1.08. The average molecular weight is 303 g/mol. The van der Waals surface area contributed by atoms with E-state index in [9.17, 15) is 9.59 Å². The van der Waals surface area contributed by atoms with E-state index >= 15 is 0 Å². The minimum Gasteiger partial charge on any atom is -0.480 e. The van der Waals surface area contributed by atoms with Crippen LogP contribution < -0.4 is 10.6 Å². The molecule has 7 heteroatoms. The molecular weight excluding hydrogens is 288 g/mol. The van der Waals surface area contributed by atoms with Crippen LogP contribution in [-0.2, 0) is 11.2 Å². The molecular formula is C12H15ClN2O3S. The van der Waals surface area contributed by atoms with Crippen LogP contribution in [0.25, 0.3) is 0 Å². The van der Waals surface area contributed by atoms with Crippen LogP contribution in [0.2, 0.25) is 4.34 Å². The number of halogens is 1. The van der Waals surface area contributed by atoms with E-state index in [-0.39, 0.29) is 6.42 Å². The van der Waals surface area contributed by atoms with E-state index in [2.05, 4.69) is 17.2 Å². The molecule has 1 atom stereocenters. The normalized spacial score (nSPS) is 11.6. The van der Waals surface area contributed by atoms with E-state index in [0.29, 0.717) is 17.3 Å². The van der Waals surface area contributed by atoms with Gasteiger partial charge in [0.2, 0.25) is 0 Å². The molecule has 0 radical (unpaired) electrons. The van der Waals surface area contributed by atoms with Gasteiger partial charge in [-0.15, -0.1) is 17.9 Å². The van der Waals surface area contributed by atoms with Gasteiger partial charge in [0.1, 0.15) is 6.04 Å². The standard InChI is InChI=1S/C12H15ClN2O3S/c1-2-3-9(11(16)17)15-12(18)14-7-6-8-4-5-10(13)19-8/h2,4-5,9H,1,3,6-7H2,(H,16,17)(H2,14,15,18). The predicted octanol–water partition coefficient (Wildman–Crippen LogP) is 2.27. The van der Waals surface area contributed by atoms with Gasteiger partial charge in [-0.25, -0.2) is 9.59 Å². The summed E-state index contributed by atoms with van der Waals surface area (Å²) in [4.78, 5) is 23.4. The van der Waals surface area contributed by atoms with Crippen molar-refractivity contribution in [3.63, 3.8) is 0 Å². The van der Waals surface area contributed by atoms with Gasteiger partial charge in [0.25, 0.3) is 0 Å². The molecule has 3 N–H and O–H groups in total. The fraction of sp³-hybridized carbons (Fsp3) is 0.333. The van der Waals surface area contributed by atoms with Gasteiger partial charge < -0.3 is 15.7 Å². The summed E-state index contributed by atoms with van der Waals surface area (Å²) in [6.07, 6.45) is 2.29. The SMILES string of the molecule is C=CCC(NC(=O)NCCc1ccc(Cl)s1)C(=O)O. The largest absolute Gasteiger partial charge is 0.480 e. The number of amides is 2. The number of urea groups is 1. The van der Waals surface area contributed by atoms with Gasteiger partial charge in [-0.1, -0.05) is 17.7 Å². The predicted molar refractivity (Wildman–Crippen MR) is 75.8 cm³/mol. The van der Waals surface area contributed by atoms with Crippen molar-refractivity contribution < 1.29 is 14.7 Å². The number of hydrogen-bond acceptors (Lipinski definition) is 3. The minimum atomic E-state index is -1.08. The second-order valence-electron chi connectivity index (χ2n) is 3.77. The lowest BCUT2D eigenvalue weighted by Gasteiger charge is -2.13. The van der Waals surface area contributed by atoms with Crippen molar-refractivity contribution in [1.29, 1.82) is 0 Å². The second-order valence-corrected chi connectivity index (χ2v) is 5.57. The van der Waals surface area contributed by atoms with E-state index in [1.54, 1.807) is 6.07 Å². The molecule has 1 aromatic heterocycles. The first-order chi connectivity index (χ1) is 9.02. The molecule has 0 saturated carbocycles. The van der Waals surface area contributed by atoms with E-state index in [1.807, 2.05) is 6.07 Å². The van der Waals surface area contributed by atoms with E-state index in [0.717, 1.165) is 4.88 Å². The fourth-order valence-electron chi connectivity index (χ4n) is 1.38. The van der Waals surface area contributed by atoms with Crippen LogP contribution >= 0.6 is 22.9 Å². The van der Waals surface area contributed by atoms with Crippen molar-refractivity contribution in [2.75, 3.05) is 6.54 Å². The number of aliphatic carboxylic acids is 1. The lowest BCUT2D eigenvalue weighted by Crippen LogP contribution is -2.46. The first kappa shape index (κ1) is 15.5. The Morgan fingerprint density at radius 2 is 2.26 bits per heavy atom. The topological polar surface area (TPSA) is 78.4 Å². The number of rotatable bonds is 7. The Morgan fingerprint density at radius 1 is 1.53 bits per heavy atom. The lowest BCUT2D eigenvalue weighted by atomic mass is 10.2. The van der Waals surface area contributed by atoms with E-state index in [4.69, 9.17) is 16.7 Å². The number of hydrogen-bond donors (Lipinski definition) is 3. The molecule has 0 bridgehead atoms. The van der Waals surface area contributed by atoms with Gasteiger partial charge in [0.05, 0.1) is 4.34 Å². The van der Waals surface area contributed by atoms with Gasteiger partial charge in [-0.2, -0.15) is 0 Å². The monoisotopic (exact) mass is 302 g/mol. The van der Waals surface area contributed by atoms with E-state index in [1.165, 1.54) is 17.4 Å². The summed E-state index contributed by atoms with van der Waals surface area (Å²) in [5, 5.41) is 13.8. The quantitative estimate of drug-likeness (QED) is 0.676. The molecule has 104 valence electrons. The van der Waals surface area contributed by atoms with Gasteiger partial charge in [0.15, 0.2) is 0 Å². The molecule has 5 nitrogen and oxygen atoms in total. The average Bonchev–Trinajstić information content (AvgIpc) is 2.74. The van der Waals surface area contributed by atoms with Crippen LogP contribution in [-0.4, -0.2) is 29.7 Å². The second kappa shape index (κ2) is 7.81. The molecule has 0 aliphatic heterocycles. The maximum atomic E-state index is 11.5.